The highest BCUT2D eigenvalue weighted by atomic mass is 16.2. The number of hydrogen-bond acceptors (Lipinski definition) is 5. The van der Waals surface area contributed by atoms with Crippen molar-refractivity contribution < 1.29 is 19.2 Å². The number of carbonyl (C=O) groups is 4. The summed E-state index contributed by atoms with van der Waals surface area (Å²) < 4.78 is 0. The number of fused-ring (bicyclic) bond motifs is 1. The van der Waals surface area contributed by atoms with Crippen LogP contribution in [-0.2, 0) is 20.8 Å². The predicted octanol–water partition coefficient (Wildman–Crippen LogP) is 0.450. The number of imide groups is 2. The molecule has 3 heterocycles. The van der Waals surface area contributed by atoms with Crippen LogP contribution < -0.4 is 10.6 Å². The fraction of sp³-hybridized carbons (Fsp3) is 0.412. The summed E-state index contributed by atoms with van der Waals surface area (Å²) in [5.74, 6) is -1.51. The Morgan fingerprint density at radius 1 is 1.17 bits per heavy atom. The molecule has 2 saturated heterocycles. The monoisotopic (exact) mass is 327 g/mol. The maximum absolute atomic E-state index is 12.7. The zero-order valence-electron chi connectivity index (χ0n) is 13.1. The Labute approximate surface area is 138 Å². The summed E-state index contributed by atoms with van der Waals surface area (Å²) in [7, 11) is 0. The third kappa shape index (κ3) is 2.19. The number of piperidine rings is 1. The van der Waals surface area contributed by atoms with Gasteiger partial charge in [0.25, 0.3) is 5.91 Å². The lowest BCUT2D eigenvalue weighted by molar-refractivity contribution is -0.142. The number of hydrogen-bond donors (Lipinski definition) is 2. The summed E-state index contributed by atoms with van der Waals surface area (Å²) in [6.07, 6.45) is 1.33. The average molecular weight is 327 g/mol. The van der Waals surface area contributed by atoms with Gasteiger partial charge in [0, 0.05) is 37.2 Å². The van der Waals surface area contributed by atoms with E-state index in [9.17, 15) is 19.2 Å². The molecule has 1 atom stereocenters. The Kier molecular flexibility index (Phi) is 3.19. The van der Waals surface area contributed by atoms with Crippen molar-refractivity contribution in [2.45, 2.75) is 25.7 Å². The molecule has 4 amide bonds. The van der Waals surface area contributed by atoms with E-state index in [1.54, 1.807) is 12.1 Å². The lowest BCUT2D eigenvalue weighted by atomic mass is 9.79. The second kappa shape index (κ2) is 5.15. The lowest BCUT2D eigenvalue weighted by Crippen LogP contribution is -2.50. The number of amides is 4. The van der Waals surface area contributed by atoms with Gasteiger partial charge in [0.2, 0.25) is 17.7 Å². The highest BCUT2D eigenvalue weighted by molar-refractivity contribution is 6.10. The number of likely N-dealkylation sites (tertiary alicyclic amines) is 1. The first-order valence-corrected chi connectivity index (χ1v) is 8.04. The fourth-order valence-corrected chi connectivity index (χ4v) is 3.72. The van der Waals surface area contributed by atoms with Gasteiger partial charge in [-0.3, -0.25) is 29.4 Å². The van der Waals surface area contributed by atoms with Gasteiger partial charge in [0.05, 0.1) is 5.41 Å². The van der Waals surface area contributed by atoms with Gasteiger partial charge in [-0.2, -0.15) is 0 Å². The standard InChI is InChI=1S/C17H17N3O4/c21-13-3-5-17(16(24)19-13)8-14(22)20(9-17)15(23)11-1-2-12-10(7-11)4-6-18-12/h1-2,7,18H,3-6,8-9H2,(H,19,21,24). The lowest BCUT2D eigenvalue weighted by Gasteiger charge is -2.30. The van der Waals surface area contributed by atoms with Gasteiger partial charge in [0.1, 0.15) is 0 Å². The SMILES string of the molecule is O=C1CCC2(CC(=O)N(C(=O)c3ccc4c(c3)CCN4)C2)C(=O)N1. The second-order valence-corrected chi connectivity index (χ2v) is 6.67. The smallest absolute Gasteiger partial charge is 0.260 e. The molecule has 0 aliphatic carbocycles. The Morgan fingerprint density at radius 3 is 2.79 bits per heavy atom. The number of carbonyl (C=O) groups excluding carboxylic acids is 4. The van der Waals surface area contributed by atoms with E-state index < -0.39 is 11.3 Å². The Morgan fingerprint density at radius 2 is 2.00 bits per heavy atom. The third-order valence-corrected chi connectivity index (χ3v) is 5.12. The van der Waals surface area contributed by atoms with Crippen LogP contribution in [0.25, 0.3) is 0 Å². The maximum atomic E-state index is 12.7. The van der Waals surface area contributed by atoms with E-state index in [2.05, 4.69) is 10.6 Å². The molecule has 0 saturated carbocycles. The van der Waals surface area contributed by atoms with Gasteiger partial charge in [-0.05, 0) is 36.6 Å². The molecule has 2 N–H and O–H groups in total. The van der Waals surface area contributed by atoms with Crippen molar-refractivity contribution in [3.63, 3.8) is 0 Å². The van der Waals surface area contributed by atoms with Crippen molar-refractivity contribution in [2.24, 2.45) is 5.41 Å². The molecule has 7 heteroatoms. The molecule has 1 unspecified atom stereocenters. The van der Waals surface area contributed by atoms with Gasteiger partial charge < -0.3 is 5.32 Å². The molecule has 0 bridgehead atoms. The minimum atomic E-state index is -0.959. The summed E-state index contributed by atoms with van der Waals surface area (Å²) in [6.45, 7) is 0.881. The molecular weight excluding hydrogens is 310 g/mol. The molecule has 0 radical (unpaired) electrons. The van der Waals surface area contributed by atoms with E-state index in [0.29, 0.717) is 12.0 Å². The summed E-state index contributed by atoms with van der Waals surface area (Å²) in [5, 5.41) is 5.51. The molecule has 1 aromatic rings. The van der Waals surface area contributed by atoms with Crippen LogP contribution in [0.4, 0.5) is 5.69 Å². The minimum Gasteiger partial charge on any atom is -0.384 e. The molecular formula is C17H17N3O4. The maximum Gasteiger partial charge on any atom is 0.260 e. The van der Waals surface area contributed by atoms with Crippen molar-refractivity contribution in [2.75, 3.05) is 18.4 Å². The number of anilines is 1. The highest BCUT2D eigenvalue weighted by Gasteiger charge is 2.52. The van der Waals surface area contributed by atoms with E-state index in [1.165, 1.54) is 0 Å². The van der Waals surface area contributed by atoms with E-state index in [1.807, 2.05) is 6.07 Å². The minimum absolute atomic E-state index is 0.0235. The molecule has 1 spiro atoms. The summed E-state index contributed by atoms with van der Waals surface area (Å²) in [6, 6.07) is 5.35. The van der Waals surface area contributed by atoms with Crippen LogP contribution in [0.5, 0.6) is 0 Å². The molecule has 3 aliphatic heterocycles. The summed E-state index contributed by atoms with van der Waals surface area (Å²) >= 11 is 0. The number of benzene rings is 1. The molecule has 3 aliphatic rings. The van der Waals surface area contributed by atoms with Gasteiger partial charge in [-0.25, -0.2) is 0 Å². The first-order valence-electron chi connectivity index (χ1n) is 8.04. The average Bonchev–Trinajstić information content (AvgIpc) is 3.15. The first-order chi connectivity index (χ1) is 11.5. The largest absolute Gasteiger partial charge is 0.384 e. The van der Waals surface area contributed by atoms with Crippen LogP contribution in [0.3, 0.4) is 0 Å². The van der Waals surface area contributed by atoms with Crippen molar-refractivity contribution in [1.82, 2.24) is 10.2 Å². The van der Waals surface area contributed by atoms with E-state index in [-0.39, 0.29) is 37.1 Å². The Hall–Kier alpha value is -2.70. The van der Waals surface area contributed by atoms with Crippen LogP contribution in [0, 0.1) is 5.41 Å². The van der Waals surface area contributed by atoms with Crippen LogP contribution >= 0.6 is 0 Å². The van der Waals surface area contributed by atoms with E-state index in [4.69, 9.17) is 0 Å². The molecule has 7 nitrogen and oxygen atoms in total. The fourth-order valence-electron chi connectivity index (χ4n) is 3.72. The molecule has 124 valence electrons. The first kappa shape index (κ1) is 14.9. The normalized spacial score (nSPS) is 25.7. The number of nitrogens with zero attached hydrogens (tertiary/aromatic N) is 1. The van der Waals surface area contributed by atoms with Crippen LogP contribution in [0.2, 0.25) is 0 Å². The molecule has 24 heavy (non-hydrogen) atoms. The quantitative estimate of drug-likeness (QED) is 0.730. The van der Waals surface area contributed by atoms with Crippen molar-refractivity contribution in [3.8, 4) is 0 Å². The van der Waals surface area contributed by atoms with E-state index >= 15 is 0 Å². The zero-order valence-corrected chi connectivity index (χ0v) is 13.1. The predicted molar refractivity (Wildman–Crippen MR) is 84.1 cm³/mol. The van der Waals surface area contributed by atoms with Crippen LogP contribution in [0.1, 0.15) is 35.2 Å². The molecule has 0 aromatic heterocycles. The van der Waals surface area contributed by atoms with Crippen LogP contribution in [0.15, 0.2) is 18.2 Å². The number of nitrogens with one attached hydrogen (secondary N) is 2. The van der Waals surface area contributed by atoms with Crippen molar-refractivity contribution >= 4 is 29.3 Å². The topological polar surface area (TPSA) is 95.6 Å². The second-order valence-electron chi connectivity index (χ2n) is 6.67. The van der Waals surface area contributed by atoms with Gasteiger partial charge >= 0.3 is 0 Å². The zero-order chi connectivity index (χ0) is 16.9. The van der Waals surface area contributed by atoms with Crippen molar-refractivity contribution in [3.05, 3.63) is 29.3 Å². The molecule has 2 fully saturated rings. The van der Waals surface area contributed by atoms with Gasteiger partial charge in [0.15, 0.2) is 0 Å². The molecule has 1 aromatic carbocycles. The Balaban J connectivity index is 1.58. The van der Waals surface area contributed by atoms with E-state index in [0.717, 1.165) is 29.1 Å². The molecule has 4 rings (SSSR count). The van der Waals surface area contributed by atoms with Crippen LogP contribution in [-0.4, -0.2) is 41.6 Å². The van der Waals surface area contributed by atoms with Gasteiger partial charge in [-0.1, -0.05) is 0 Å². The third-order valence-electron chi connectivity index (χ3n) is 5.12. The van der Waals surface area contributed by atoms with Gasteiger partial charge in [-0.15, -0.1) is 0 Å². The number of rotatable bonds is 1. The van der Waals surface area contributed by atoms with Crippen molar-refractivity contribution in [1.29, 1.82) is 0 Å². The summed E-state index contributed by atoms with van der Waals surface area (Å²) in [4.78, 5) is 49.8. The summed E-state index contributed by atoms with van der Waals surface area (Å²) in [5.41, 5.74) is 1.57. The Bertz CT molecular complexity index is 788. The highest BCUT2D eigenvalue weighted by Crippen LogP contribution is 2.39.